The van der Waals surface area contributed by atoms with Crippen LogP contribution in [0.2, 0.25) is 0 Å². The van der Waals surface area contributed by atoms with Crippen molar-refractivity contribution >= 4 is 87.1 Å². The van der Waals surface area contributed by atoms with E-state index in [-0.39, 0.29) is 0 Å². The molecule has 0 aliphatic heterocycles. The maximum Gasteiger partial charge on any atom is 0.238 e. The number of rotatable bonds is 5. The van der Waals surface area contributed by atoms with Crippen molar-refractivity contribution in [1.29, 1.82) is 0 Å². The molecular formula is C57H33N5O. The molecule has 6 heteroatoms. The Bertz CT molecular complexity index is 4130. The predicted octanol–water partition coefficient (Wildman–Crippen LogP) is 14.7. The Morgan fingerprint density at radius 3 is 1.48 bits per heavy atom. The number of benzene rings is 10. The topological polar surface area (TPSA) is 61.7 Å². The molecule has 4 aromatic heterocycles. The second-order valence-corrected chi connectivity index (χ2v) is 16.3. The quantitative estimate of drug-likeness (QED) is 0.163. The molecule has 0 unspecified atom stereocenters. The van der Waals surface area contributed by atoms with E-state index in [0.717, 1.165) is 71.9 Å². The van der Waals surface area contributed by atoms with Gasteiger partial charge in [0, 0.05) is 49.1 Å². The molecule has 292 valence electrons. The molecule has 0 N–H and O–H groups in total. The molecule has 0 spiro atoms. The van der Waals surface area contributed by atoms with E-state index in [1.165, 1.54) is 43.1 Å². The largest absolute Gasteiger partial charge is 0.456 e. The third kappa shape index (κ3) is 4.91. The van der Waals surface area contributed by atoms with Gasteiger partial charge in [-0.15, -0.1) is 0 Å². The lowest BCUT2D eigenvalue weighted by atomic mass is 9.92. The zero-order valence-electron chi connectivity index (χ0n) is 33.7. The lowest BCUT2D eigenvalue weighted by Gasteiger charge is -2.13. The molecule has 0 aliphatic carbocycles. The normalized spacial score (nSPS) is 12.1. The Balaban J connectivity index is 0.983. The van der Waals surface area contributed by atoms with Crippen LogP contribution in [-0.4, -0.2) is 24.1 Å². The average molecular weight is 804 g/mol. The zero-order valence-corrected chi connectivity index (χ0v) is 33.7. The van der Waals surface area contributed by atoms with Crippen LogP contribution in [0.25, 0.3) is 133 Å². The molecule has 0 atom stereocenters. The SMILES string of the molecule is c1ccc(-c2nc(-c3ccc(-c4ccc5c(c4)c4cccc6oc7cccc5c7c64)cc3)nc(-n3c4ccccc4c4ccc5c6ccccc6n(-c6ccccc6)c5c43)n2)cc1. The highest BCUT2D eigenvalue weighted by Gasteiger charge is 2.24. The van der Waals surface area contributed by atoms with Crippen molar-refractivity contribution in [1.82, 2.24) is 24.1 Å². The monoisotopic (exact) mass is 803 g/mol. The Morgan fingerprint density at radius 2 is 0.810 bits per heavy atom. The smallest absolute Gasteiger partial charge is 0.238 e. The molecular weight excluding hydrogens is 771 g/mol. The summed E-state index contributed by atoms with van der Waals surface area (Å²) in [6, 6.07) is 70.7. The highest BCUT2D eigenvalue weighted by atomic mass is 16.3. The second kappa shape index (κ2) is 12.9. The minimum absolute atomic E-state index is 0.559. The summed E-state index contributed by atoms with van der Waals surface area (Å²) >= 11 is 0. The maximum absolute atomic E-state index is 6.30. The van der Waals surface area contributed by atoms with Crippen LogP contribution in [0.15, 0.2) is 205 Å². The van der Waals surface area contributed by atoms with E-state index in [2.05, 4.69) is 191 Å². The fraction of sp³-hybridized carbons (Fsp3) is 0. The van der Waals surface area contributed by atoms with E-state index in [0.29, 0.717) is 17.6 Å². The van der Waals surface area contributed by atoms with Gasteiger partial charge < -0.3 is 8.98 Å². The number of hydrogen-bond donors (Lipinski definition) is 0. The molecule has 0 fully saturated rings. The lowest BCUT2D eigenvalue weighted by molar-refractivity contribution is 0.669. The molecule has 10 aromatic carbocycles. The summed E-state index contributed by atoms with van der Waals surface area (Å²) in [4.78, 5) is 15.9. The van der Waals surface area contributed by atoms with Gasteiger partial charge in [0.15, 0.2) is 11.6 Å². The molecule has 0 aliphatic rings. The molecule has 0 saturated heterocycles. The molecule has 0 amide bonds. The van der Waals surface area contributed by atoms with Crippen LogP contribution in [0.4, 0.5) is 0 Å². The van der Waals surface area contributed by atoms with Gasteiger partial charge in [0.05, 0.1) is 22.1 Å². The van der Waals surface area contributed by atoms with E-state index in [4.69, 9.17) is 19.4 Å². The van der Waals surface area contributed by atoms with Gasteiger partial charge in [-0.2, -0.15) is 9.97 Å². The first kappa shape index (κ1) is 34.1. The van der Waals surface area contributed by atoms with Crippen LogP contribution in [0, 0.1) is 0 Å². The van der Waals surface area contributed by atoms with E-state index in [9.17, 15) is 0 Å². The Hall–Kier alpha value is -8.61. The predicted molar refractivity (Wildman–Crippen MR) is 258 cm³/mol. The Kier molecular flexibility index (Phi) is 7.02. The van der Waals surface area contributed by atoms with Crippen molar-refractivity contribution in [2.45, 2.75) is 0 Å². The van der Waals surface area contributed by atoms with Gasteiger partial charge in [-0.25, -0.2) is 4.98 Å². The molecule has 14 aromatic rings. The number of hydrogen-bond acceptors (Lipinski definition) is 4. The minimum atomic E-state index is 0.559. The summed E-state index contributed by atoms with van der Waals surface area (Å²) in [7, 11) is 0. The van der Waals surface area contributed by atoms with Gasteiger partial charge in [0.2, 0.25) is 5.95 Å². The van der Waals surface area contributed by atoms with Gasteiger partial charge in [-0.1, -0.05) is 158 Å². The van der Waals surface area contributed by atoms with Crippen molar-refractivity contribution in [3.05, 3.63) is 200 Å². The summed E-state index contributed by atoms with van der Waals surface area (Å²) < 4.78 is 10.9. The van der Waals surface area contributed by atoms with Crippen LogP contribution >= 0.6 is 0 Å². The van der Waals surface area contributed by atoms with E-state index < -0.39 is 0 Å². The Morgan fingerprint density at radius 1 is 0.317 bits per heavy atom. The number of aromatic nitrogens is 5. The third-order valence-corrected chi connectivity index (χ3v) is 12.9. The molecule has 0 bridgehead atoms. The number of fused-ring (bicyclic) bond motifs is 10. The number of nitrogens with zero attached hydrogens (tertiary/aromatic N) is 5. The lowest BCUT2D eigenvalue weighted by Crippen LogP contribution is -2.07. The highest BCUT2D eigenvalue weighted by molar-refractivity contribution is 6.33. The number of para-hydroxylation sites is 3. The standard InChI is InChI=1S/C57H33N5O/c1-3-13-35(14-4-1)55-58-56(36-27-25-34(26-28-36)37-29-30-39-42-19-11-23-49-51(42)52-43(46(39)33-37)20-12-24-50(52)63-49)60-57(59-55)62-48-22-10-8-18-41(48)45-32-31-44-40-17-7-9-21-47(40)61(53(44)54(45)62)38-15-5-2-6-16-38/h1-33H. The summed E-state index contributed by atoms with van der Waals surface area (Å²) in [6.07, 6.45) is 0. The zero-order chi connectivity index (χ0) is 41.2. The van der Waals surface area contributed by atoms with Gasteiger partial charge in [-0.05, 0) is 75.1 Å². The van der Waals surface area contributed by atoms with Crippen molar-refractivity contribution in [3.8, 4) is 45.5 Å². The molecule has 63 heavy (non-hydrogen) atoms. The van der Waals surface area contributed by atoms with Crippen LogP contribution in [0.1, 0.15) is 0 Å². The third-order valence-electron chi connectivity index (χ3n) is 12.9. The highest BCUT2D eigenvalue weighted by Crippen LogP contribution is 2.44. The first-order chi connectivity index (χ1) is 31.2. The maximum atomic E-state index is 6.30. The minimum Gasteiger partial charge on any atom is -0.456 e. The van der Waals surface area contributed by atoms with Crippen LogP contribution in [-0.2, 0) is 0 Å². The first-order valence-electron chi connectivity index (χ1n) is 21.3. The summed E-state index contributed by atoms with van der Waals surface area (Å²) in [6.45, 7) is 0. The summed E-state index contributed by atoms with van der Waals surface area (Å²) in [5.74, 6) is 1.77. The van der Waals surface area contributed by atoms with E-state index >= 15 is 0 Å². The number of furan rings is 1. The van der Waals surface area contributed by atoms with Crippen LogP contribution in [0.5, 0.6) is 0 Å². The second-order valence-electron chi connectivity index (χ2n) is 16.3. The van der Waals surface area contributed by atoms with Crippen molar-refractivity contribution in [3.63, 3.8) is 0 Å². The van der Waals surface area contributed by atoms with E-state index in [1.807, 2.05) is 18.2 Å². The van der Waals surface area contributed by atoms with Crippen molar-refractivity contribution < 1.29 is 4.42 Å². The summed E-state index contributed by atoms with van der Waals surface area (Å²) in [5.41, 5.74) is 11.3. The first-order valence-corrected chi connectivity index (χ1v) is 21.3. The molecule has 14 rings (SSSR count). The van der Waals surface area contributed by atoms with Crippen molar-refractivity contribution in [2.24, 2.45) is 0 Å². The Labute approximate surface area is 359 Å². The van der Waals surface area contributed by atoms with Gasteiger partial charge in [0.25, 0.3) is 0 Å². The molecule has 6 nitrogen and oxygen atoms in total. The molecule has 0 radical (unpaired) electrons. The molecule has 0 saturated carbocycles. The van der Waals surface area contributed by atoms with Crippen LogP contribution < -0.4 is 0 Å². The fourth-order valence-electron chi connectivity index (χ4n) is 10.2. The summed E-state index contributed by atoms with van der Waals surface area (Å²) in [5, 5.41) is 11.9. The average Bonchev–Trinajstić information content (AvgIpc) is 4.02. The van der Waals surface area contributed by atoms with Crippen molar-refractivity contribution in [2.75, 3.05) is 0 Å². The molecule has 4 heterocycles. The van der Waals surface area contributed by atoms with E-state index in [1.54, 1.807) is 0 Å². The van der Waals surface area contributed by atoms with Gasteiger partial charge >= 0.3 is 0 Å². The van der Waals surface area contributed by atoms with Crippen LogP contribution in [0.3, 0.4) is 0 Å². The van der Waals surface area contributed by atoms with Gasteiger partial charge in [0.1, 0.15) is 11.2 Å². The fourth-order valence-corrected chi connectivity index (χ4v) is 10.2. The van der Waals surface area contributed by atoms with Gasteiger partial charge in [-0.3, -0.25) is 4.57 Å².